The highest BCUT2D eigenvalue weighted by Crippen LogP contribution is 2.31. The standard InChI is InChI=1S/C16H22N4O5/c1-22-7-4-8-25-10-14(21)17-16-18-15(19-20-16)12-6-5-11(23-2)9-13(12)24-3/h5-6,9H,4,7-8,10H2,1-3H3,(H2,17,18,19,20,21). The first-order valence-corrected chi connectivity index (χ1v) is 7.69. The van der Waals surface area contributed by atoms with Gasteiger partial charge in [-0.25, -0.2) is 0 Å². The maximum atomic E-state index is 11.8. The van der Waals surface area contributed by atoms with Crippen LogP contribution in [0.1, 0.15) is 6.42 Å². The third kappa shape index (κ3) is 5.44. The largest absolute Gasteiger partial charge is 0.497 e. The maximum Gasteiger partial charge on any atom is 0.252 e. The van der Waals surface area contributed by atoms with Crippen LogP contribution in [0.25, 0.3) is 11.4 Å². The zero-order chi connectivity index (χ0) is 18.1. The monoisotopic (exact) mass is 350 g/mol. The first kappa shape index (κ1) is 18.7. The van der Waals surface area contributed by atoms with E-state index in [1.165, 1.54) is 0 Å². The number of aromatic amines is 1. The Hall–Kier alpha value is -2.65. The summed E-state index contributed by atoms with van der Waals surface area (Å²) < 4.78 is 20.6. The van der Waals surface area contributed by atoms with Crippen molar-refractivity contribution in [2.45, 2.75) is 6.42 Å². The summed E-state index contributed by atoms with van der Waals surface area (Å²) >= 11 is 0. The molecule has 2 aromatic rings. The molecule has 136 valence electrons. The fourth-order valence-electron chi connectivity index (χ4n) is 2.06. The summed E-state index contributed by atoms with van der Waals surface area (Å²) in [5.41, 5.74) is 0.701. The molecule has 0 fully saturated rings. The van der Waals surface area contributed by atoms with E-state index in [0.717, 1.165) is 6.42 Å². The van der Waals surface area contributed by atoms with E-state index >= 15 is 0 Å². The number of methoxy groups -OCH3 is 3. The first-order chi connectivity index (χ1) is 12.2. The van der Waals surface area contributed by atoms with E-state index in [4.69, 9.17) is 18.9 Å². The number of rotatable bonds is 10. The van der Waals surface area contributed by atoms with E-state index in [9.17, 15) is 4.79 Å². The molecule has 0 unspecified atom stereocenters. The molecule has 2 N–H and O–H groups in total. The molecule has 0 aliphatic carbocycles. The van der Waals surface area contributed by atoms with Crippen molar-refractivity contribution in [1.29, 1.82) is 0 Å². The molecular formula is C16H22N4O5. The van der Waals surface area contributed by atoms with Crippen LogP contribution in [0.5, 0.6) is 11.5 Å². The lowest BCUT2D eigenvalue weighted by Crippen LogP contribution is -2.19. The van der Waals surface area contributed by atoms with E-state index < -0.39 is 0 Å². The Morgan fingerprint density at radius 3 is 2.76 bits per heavy atom. The second kappa shape index (κ2) is 9.60. The van der Waals surface area contributed by atoms with Gasteiger partial charge in [-0.05, 0) is 18.6 Å². The van der Waals surface area contributed by atoms with Crippen LogP contribution in [-0.2, 0) is 14.3 Å². The highest BCUT2D eigenvalue weighted by molar-refractivity contribution is 5.90. The Morgan fingerprint density at radius 1 is 1.20 bits per heavy atom. The third-order valence-corrected chi connectivity index (χ3v) is 3.27. The number of nitrogens with one attached hydrogen (secondary N) is 2. The number of amides is 1. The van der Waals surface area contributed by atoms with E-state index in [1.807, 2.05) is 0 Å². The van der Waals surface area contributed by atoms with Crippen molar-refractivity contribution in [1.82, 2.24) is 15.2 Å². The number of aromatic nitrogens is 3. The molecule has 1 aromatic carbocycles. The Morgan fingerprint density at radius 2 is 2.04 bits per heavy atom. The molecule has 1 aromatic heterocycles. The van der Waals surface area contributed by atoms with Crippen molar-refractivity contribution in [2.75, 3.05) is 46.5 Å². The molecule has 0 bridgehead atoms. The summed E-state index contributed by atoms with van der Waals surface area (Å²) in [6.07, 6.45) is 0.728. The van der Waals surface area contributed by atoms with Gasteiger partial charge >= 0.3 is 0 Å². The van der Waals surface area contributed by atoms with E-state index in [2.05, 4.69) is 20.5 Å². The zero-order valence-corrected chi connectivity index (χ0v) is 14.5. The first-order valence-electron chi connectivity index (χ1n) is 7.69. The van der Waals surface area contributed by atoms with Crippen LogP contribution >= 0.6 is 0 Å². The van der Waals surface area contributed by atoms with Crippen LogP contribution in [0.2, 0.25) is 0 Å². The average Bonchev–Trinajstić information content (AvgIpc) is 3.09. The second-order valence-corrected chi connectivity index (χ2v) is 5.02. The number of hydrogen-bond acceptors (Lipinski definition) is 7. The summed E-state index contributed by atoms with van der Waals surface area (Å²) in [6.45, 7) is 0.971. The molecule has 2 rings (SSSR count). The molecule has 0 saturated heterocycles. The van der Waals surface area contributed by atoms with Crippen molar-refractivity contribution in [3.63, 3.8) is 0 Å². The van der Waals surface area contributed by atoms with E-state index in [1.54, 1.807) is 39.5 Å². The summed E-state index contributed by atoms with van der Waals surface area (Å²) in [4.78, 5) is 16.0. The predicted molar refractivity (Wildman–Crippen MR) is 90.9 cm³/mol. The molecule has 0 aliphatic rings. The fraction of sp³-hybridized carbons (Fsp3) is 0.438. The minimum atomic E-state index is -0.329. The van der Waals surface area contributed by atoms with Gasteiger partial charge < -0.3 is 18.9 Å². The van der Waals surface area contributed by atoms with Gasteiger partial charge in [-0.1, -0.05) is 0 Å². The Labute approximate surface area is 145 Å². The number of ether oxygens (including phenoxy) is 4. The van der Waals surface area contributed by atoms with Crippen molar-refractivity contribution >= 4 is 11.9 Å². The minimum Gasteiger partial charge on any atom is -0.497 e. The number of anilines is 1. The molecule has 0 saturated carbocycles. The number of nitrogens with zero attached hydrogens (tertiary/aromatic N) is 2. The quantitative estimate of drug-likeness (QED) is 0.625. The molecule has 0 aliphatic heterocycles. The van der Waals surface area contributed by atoms with Crippen LogP contribution in [0.4, 0.5) is 5.95 Å². The Kier molecular flexibility index (Phi) is 7.17. The molecular weight excluding hydrogens is 328 g/mol. The van der Waals surface area contributed by atoms with Crippen LogP contribution in [0, 0.1) is 0 Å². The van der Waals surface area contributed by atoms with Gasteiger partial charge in [-0.15, -0.1) is 5.10 Å². The molecule has 9 heteroatoms. The normalized spacial score (nSPS) is 10.5. The van der Waals surface area contributed by atoms with Crippen molar-refractivity contribution in [3.8, 4) is 22.9 Å². The van der Waals surface area contributed by atoms with Crippen LogP contribution in [0.3, 0.4) is 0 Å². The van der Waals surface area contributed by atoms with Gasteiger partial charge in [0.25, 0.3) is 5.91 Å². The van der Waals surface area contributed by atoms with Crippen molar-refractivity contribution < 1.29 is 23.7 Å². The minimum absolute atomic E-state index is 0.0700. The fourth-order valence-corrected chi connectivity index (χ4v) is 2.06. The molecule has 1 heterocycles. The summed E-state index contributed by atoms with van der Waals surface area (Å²) in [5.74, 6) is 1.55. The summed E-state index contributed by atoms with van der Waals surface area (Å²) in [5, 5.41) is 9.32. The second-order valence-electron chi connectivity index (χ2n) is 5.02. The highest BCUT2D eigenvalue weighted by atomic mass is 16.5. The van der Waals surface area contributed by atoms with Gasteiger partial charge in [0.2, 0.25) is 5.95 Å². The predicted octanol–water partition coefficient (Wildman–Crippen LogP) is 1.48. The summed E-state index contributed by atoms with van der Waals surface area (Å²) in [7, 11) is 4.75. The molecule has 9 nitrogen and oxygen atoms in total. The number of H-pyrrole nitrogens is 1. The SMILES string of the molecule is COCCCOCC(=O)Nc1n[nH]c(-c2ccc(OC)cc2OC)n1. The van der Waals surface area contributed by atoms with Gasteiger partial charge in [0.15, 0.2) is 5.82 Å². The van der Waals surface area contributed by atoms with Gasteiger partial charge in [0, 0.05) is 26.4 Å². The lowest BCUT2D eigenvalue weighted by Gasteiger charge is -2.07. The number of benzene rings is 1. The van der Waals surface area contributed by atoms with Gasteiger partial charge in [0.05, 0.1) is 19.8 Å². The van der Waals surface area contributed by atoms with Crippen LogP contribution < -0.4 is 14.8 Å². The smallest absolute Gasteiger partial charge is 0.252 e. The van der Waals surface area contributed by atoms with Crippen LogP contribution in [0.15, 0.2) is 18.2 Å². The van der Waals surface area contributed by atoms with Crippen molar-refractivity contribution in [2.24, 2.45) is 0 Å². The topological polar surface area (TPSA) is 108 Å². The van der Waals surface area contributed by atoms with Gasteiger partial charge in [0.1, 0.15) is 18.1 Å². The Balaban J connectivity index is 1.95. The third-order valence-electron chi connectivity index (χ3n) is 3.27. The molecule has 25 heavy (non-hydrogen) atoms. The molecule has 0 radical (unpaired) electrons. The van der Waals surface area contributed by atoms with Gasteiger partial charge in [-0.3, -0.25) is 15.2 Å². The lowest BCUT2D eigenvalue weighted by molar-refractivity contribution is -0.120. The molecule has 0 atom stereocenters. The number of carbonyl (C=O) groups excluding carboxylic acids is 1. The van der Waals surface area contributed by atoms with Crippen molar-refractivity contribution in [3.05, 3.63) is 18.2 Å². The summed E-state index contributed by atoms with van der Waals surface area (Å²) in [6, 6.07) is 5.32. The molecule has 1 amide bonds. The van der Waals surface area contributed by atoms with Gasteiger partial charge in [-0.2, -0.15) is 4.98 Å². The van der Waals surface area contributed by atoms with E-state index in [0.29, 0.717) is 36.1 Å². The number of hydrogen-bond donors (Lipinski definition) is 2. The average molecular weight is 350 g/mol. The van der Waals surface area contributed by atoms with Crippen LogP contribution in [-0.4, -0.2) is 62.2 Å². The Bertz CT molecular complexity index is 689. The lowest BCUT2D eigenvalue weighted by atomic mass is 10.2. The maximum absolute atomic E-state index is 11.8. The van der Waals surface area contributed by atoms with E-state index in [-0.39, 0.29) is 18.5 Å². The zero-order valence-electron chi connectivity index (χ0n) is 14.5. The number of carbonyl (C=O) groups is 1. The highest BCUT2D eigenvalue weighted by Gasteiger charge is 2.13. The molecule has 0 spiro atoms.